The Morgan fingerprint density at radius 2 is 2.05 bits per heavy atom. The number of hydrogen-bond acceptors (Lipinski definition) is 4. The van der Waals surface area contributed by atoms with Gasteiger partial charge in [-0.25, -0.2) is 0 Å². The second-order valence-corrected chi connectivity index (χ2v) is 8.07. The van der Waals surface area contributed by atoms with E-state index in [4.69, 9.17) is 10.5 Å². The van der Waals surface area contributed by atoms with Crippen LogP contribution in [0.3, 0.4) is 0 Å². The summed E-state index contributed by atoms with van der Waals surface area (Å²) in [6.45, 7) is 10.3. The van der Waals surface area contributed by atoms with Crippen molar-refractivity contribution in [2.24, 2.45) is 5.73 Å². The number of rotatable bonds is 5. The van der Waals surface area contributed by atoms with Crippen LogP contribution in [0.15, 0.2) is 17.5 Å². The highest BCUT2D eigenvalue weighted by atomic mass is 32.1. The van der Waals surface area contributed by atoms with Crippen molar-refractivity contribution < 1.29 is 4.74 Å². The van der Waals surface area contributed by atoms with Gasteiger partial charge in [-0.15, -0.1) is 11.3 Å². The molecule has 0 amide bonds. The third kappa shape index (κ3) is 2.80. The molecule has 0 aromatic carbocycles. The van der Waals surface area contributed by atoms with Crippen molar-refractivity contribution in [3.63, 3.8) is 0 Å². The fraction of sp³-hybridized carbons (Fsp3) is 0.750. The molecule has 1 unspecified atom stereocenters. The van der Waals surface area contributed by atoms with Crippen molar-refractivity contribution in [2.75, 3.05) is 20.1 Å². The molecule has 0 aliphatic carbocycles. The molecular weight excluding hydrogens is 268 g/mol. The van der Waals surface area contributed by atoms with Gasteiger partial charge in [0, 0.05) is 18.0 Å². The number of hydrogen-bond donors (Lipinski definition) is 1. The summed E-state index contributed by atoms with van der Waals surface area (Å²) < 4.78 is 6.28. The SMILES string of the molecule is CN(CCc1cccs1)C1(CN)CC(C)(C)OC1(C)C. The number of nitrogens with two attached hydrogens (primary N) is 1. The molecule has 0 spiro atoms. The average Bonchev–Trinajstić information content (AvgIpc) is 2.89. The molecule has 1 atom stereocenters. The standard InChI is InChI=1S/C16H28N2OS/c1-14(2)11-16(12-17,15(3,4)19-14)18(5)9-8-13-7-6-10-20-13/h6-7,10H,8-9,11-12,17H2,1-5H3. The first-order chi connectivity index (χ1) is 9.22. The molecule has 114 valence electrons. The Morgan fingerprint density at radius 3 is 2.50 bits per heavy atom. The first kappa shape index (κ1) is 16.0. The van der Waals surface area contributed by atoms with Gasteiger partial charge in [0.25, 0.3) is 0 Å². The predicted octanol–water partition coefficient (Wildman–Crippen LogP) is 2.90. The van der Waals surface area contributed by atoms with Crippen molar-refractivity contribution in [3.05, 3.63) is 22.4 Å². The zero-order valence-electron chi connectivity index (χ0n) is 13.4. The molecule has 1 fully saturated rings. The lowest BCUT2D eigenvalue weighted by atomic mass is 9.77. The first-order valence-corrected chi connectivity index (χ1v) is 8.24. The quantitative estimate of drug-likeness (QED) is 0.908. The molecule has 1 saturated heterocycles. The maximum atomic E-state index is 6.28. The summed E-state index contributed by atoms with van der Waals surface area (Å²) in [5, 5.41) is 2.14. The molecule has 0 bridgehead atoms. The van der Waals surface area contributed by atoms with E-state index in [0.29, 0.717) is 6.54 Å². The molecule has 0 saturated carbocycles. The van der Waals surface area contributed by atoms with Crippen LogP contribution in [0.5, 0.6) is 0 Å². The fourth-order valence-electron chi connectivity index (χ4n) is 3.75. The zero-order valence-corrected chi connectivity index (χ0v) is 14.2. The zero-order chi connectivity index (χ0) is 15.0. The van der Waals surface area contributed by atoms with Crippen LogP contribution in [-0.4, -0.2) is 41.8 Å². The minimum atomic E-state index is -0.227. The van der Waals surface area contributed by atoms with Gasteiger partial charge in [0.1, 0.15) is 0 Å². The second kappa shape index (κ2) is 5.41. The molecule has 2 rings (SSSR count). The summed E-state index contributed by atoms with van der Waals surface area (Å²) in [6, 6.07) is 4.32. The first-order valence-electron chi connectivity index (χ1n) is 7.36. The topological polar surface area (TPSA) is 38.5 Å². The summed E-state index contributed by atoms with van der Waals surface area (Å²) >= 11 is 1.82. The summed E-state index contributed by atoms with van der Waals surface area (Å²) in [5.74, 6) is 0. The number of thiophene rings is 1. The normalized spacial score (nSPS) is 28.1. The summed E-state index contributed by atoms with van der Waals surface area (Å²) in [6.07, 6.45) is 2.05. The third-order valence-electron chi connectivity index (χ3n) is 4.71. The smallest absolute Gasteiger partial charge is 0.0829 e. The second-order valence-electron chi connectivity index (χ2n) is 7.04. The minimum absolute atomic E-state index is 0.0895. The summed E-state index contributed by atoms with van der Waals surface area (Å²) in [4.78, 5) is 3.85. The molecule has 1 aromatic rings. The molecule has 1 aliphatic rings. The highest BCUT2D eigenvalue weighted by Gasteiger charge is 2.58. The fourth-order valence-corrected chi connectivity index (χ4v) is 4.45. The lowest BCUT2D eigenvalue weighted by molar-refractivity contribution is -0.0998. The van der Waals surface area contributed by atoms with Crippen molar-refractivity contribution in [3.8, 4) is 0 Å². The highest BCUT2D eigenvalue weighted by Crippen LogP contribution is 2.47. The Hall–Kier alpha value is -0.420. The maximum Gasteiger partial charge on any atom is 0.0829 e. The van der Waals surface area contributed by atoms with Gasteiger partial charge in [-0.3, -0.25) is 4.90 Å². The van der Waals surface area contributed by atoms with E-state index in [-0.39, 0.29) is 16.7 Å². The lowest BCUT2D eigenvalue weighted by Gasteiger charge is -2.46. The van der Waals surface area contributed by atoms with Crippen LogP contribution >= 0.6 is 11.3 Å². The average molecular weight is 296 g/mol. The van der Waals surface area contributed by atoms with Crippen molar-refractivity contribution in [1.29, 1.82) is 0 Å². The summed E-state index contributed by atoms with van der Waals surface area (Å²) in [5.41, 5.74) is 5.77. The van der Waals surface area contributed by atoms with Gasteiger partial charge < -0.3 is 10.5 Å². The van der Waals surface area contributed by atoms with Gasteiger partial charge in [-0.1, -0.05) is 6.07 Å². The van der Waals surface area contributed by atoms with Gasteiger partial charge in [0.05, 0.1) is 16.7 Å². The summed E-state index contributed by atoms with van der Waals surface area (Å²) in [7, 11) is 2.19. The molecule has 2 N–H and O–H groups in total. The molecule has 3 nitrogen and oxygen atoms in total. The Balaban J connectivity index is 2.13. The van der Waals surface area contributed by atoms with Crippen molar-refractivity contribution in [1.82, 2.24) is 4.90 Å². The van der Waals surface area contributed by atoms with Crippen molar-refractivity contribution >= 4 is 11.3 Å². The number of ether oxygens (including phenoxy) is 1. The third-order valence-corrected chi connectivity index (χ3v) is 5.65. The molecule has 4 heteroatoms. The Kier molecular flexibility index (Phi) is 4.32. The van der Waals surface area contributed by atoms with E-state index in [2.05, 4.69) is 57.2 Å². The van der Waals surface area contributed by atoms with E-state index >= 15 is 0 Å². The van der Waals surface area contributed by atoms with Crippen LogP contribution in [0.2, 0.25) is 0 Å². The Bertz CT molecular complexity index is 441. The van der Waals surface area contributed by atoms with Gasteiger partial charge in [0.15, 0.2) is 0 Å². The highest BCUT2D eigenvalue weighted by molar-refractivity contribution is 7.09. The Morgan fingerprint density at radius 1 is 1.35 bits per heavy atom. The largest absolute Gasteiger partial charge is 0.368 e. The minimum Gasteiger partial charge on any atom is -0.368 e. The van der Waals surface area contributed by atoms with Crippen LogP contribution in [-0.2, 0) is 11.2 Å². The predicted molar refractivity (Wildman–Crippen MR) is 86.3 cm³/mol. The van der Waals surface area contributed by atoms with Crippen LogP contribution in [0.1, 0.15) is 39.0 Å². The van der Waals surface area contributed by atoms with Gasteiger partial charge in [-0.05, 0) is 59.0 Å². The van der Waals surface area contributed by atoms with E-state index in [0.717, 1.165) is 19.4 Å². The number of nitrogens with zero attached hydrogens (tertiary/aromatic N) is 1. The van der Waals surface area contributed by atoms with Crippen molar-refractivity contribution in [2.45, 2.75) is 57.3 Å². The van der Waals surface area contributed by atoms with E-state index in [1.54, 1.807) is 0 Å². The monoisotopic (exact) mass is 296 g/mol. The van der Waals surface area contributed by atoms with E-state index in [1.807, 2.05) is 11.3 Å². The van der Waals surface area contributed by atoms with E-state index < -0.39 is 0 Å². The van der Waals surface area contributed by atoms with Crippen LogP contribution < -0.4 is 5.73 Å². The molecule has 0 radical (unpaired) electrons. The molecule has 1 aliphatic heterocycles. The van der Waals surface area contributed by atoms with E-state index in [9.17, 15) is 0 Å². The number of likely N-dealkylation sites (N-methyl/N-ethyl adjacent to an activating group) is 1. The van der Waals surface area contributed by atoms with E-state index in [1.165, 1.54) is 4.88 Å². The molecule has 20 heavy (non-hydrogen) atoms. The molecule has 2 heterocycles. The Labute approximate surface area is 127 Å². The van der Waals surface area contributed by atoms with Gasteiger partial charge in [0.2, 0.25) is 0 Å². The van der Waals surface area contributed by atoms with Crippen LogP contribution in [0, 0.1) is 0 Å². The molecular formula is C16H28N2OS. The van der Waals surface area contributed by atoms with Gasteiger partial charge in [-0.2, -0.15) is 0 Å². The molecule has 1 aromatic heterocycles. The van der Waals surface area contributed by atoms with Gasteiger partial charge >= 0.3 is 0 Å². The van der Waals surface area contributed by atoms with Crippen LogP contribution in [0.25, 0.3) is 0 Å². The maximum absolute atomic E-state index is 6.28. The van der Waals surface area contributed by atoms with Crippen LogP contribution in [0.4, 0.5) is 0 Å². The lowest BCUT2D eigenvalue weighted by Crippen LogP contribution is -2.62.